The van der Waals surface area contributed by atoms with Gasteiger partial charge in [-0.05, 0) is 0 Å². The van der Waals surface area contributed by atoms with Crippen LogP contribution in [-0.4, -0.2) is 34.4 Å². The third kappa shape index (κ3) is 15.1. The summed E-state index contributed by atoms with van der Waals surface area (Å²) in [4.78, 5) is 17.4. The van der Waals surface area contributed by atoms with E-state index in [1.165, 1.54) is 0 Å². The Morgan fingerprint density at radius 3 is 0.867 bits per heavy atom. The van der Waals surface area contributed by atoms with Gasteiger partial charge in [0.2, 0.25) is 0 Å². The van der Waals surface area contributed by atoms with Gasteiger partial charge in [0.25, 0.3) is 0 Å². The average molecular weight is 292 g/mol. The topological polar surface area (TPSA) is 74.6 Å². The van der Waals surface area contributed by atoms with E-state index in [4.69, 9.17) is 9.79 Å². The maximum atomic E-state index is 10.5. The fraction of sp³-hybridized carbons (Fsp3) is 1.00. The van der Waals surface area contributed by atoms with E-state index in [1.54, 1.807) is 27.7 Å². The molecule has 0 unspecified atom stereocenters. The molecule has 0 fully saturated rings. The Morgan fingerprint density at radius 2 is 0.867 bits per heavy atom. The summed E-state index contributed by atoms with van der Waals surface area (Å²) < 4.78 is 21.0. The second-order valence-electron chi connectivity index (χ2n) is 2.96. The molecule has 0 aromatic rings. The molecule has 7 heteroatoms. The molecule has 0 spiro atoms. The van der Waals surface area contributed by atoms with Crippen LogP contribution in [0.3, 0.4) is 0 Å². The van der Waals surface area contributed by atoms with E-state index in [0.29, 0.717) is 24.6 Å². The van der Waals surface area contributed by atoms with Crippen molar-refractivity contribution in [1.29, 1.82) is 0 Å². The molecule has 0 aliphatic heterocycles. The fourth-order valence-corrected chi connectivity index (χ4v) is 1.34. The van der Waals surface area contributed by atoms with Crippen molar-refractivity contribution in [3.8, 4) is 0 Å². The first-order valence-corrected chi connectivity index (χ1v) is 8.92. The molecular weight excluding hydrogens is 270 g/mol. The average Bonchev–Trinajstić information content (AvgIpc) is 2.19. The minimum atomic E-state index is -2.65. The smallest absolute Gasteiger partial charge is 0.200 e. The zero-order valence-electron chi connectivity index (χ0n) is 9.93. The molecule has 0 aliphatic rings. The van der Waals surface area contributed by atoms with Gasteiger partial charge in [0.1, 0.15) is 0 Å². The standard InChI is InChI=1S/2C4H11O2P.Ti/c2*1-3-7(5,6)4-2;/h2*3-4H2,1-2H3,(H,5,6);. The van der Waals surface area contributed by atoms with Crippen LogP contribution in [-0.2, 0) is 30.8 Å². The van der Waals surface area contributed by atoms with Crippen molar-refractivity contribution >= 4 is 14.7 Å². The van der Waals surface area contributed by atoms with E-state index in [1.807, 2.05) is 0 Å². The Balaban J connectivity index is -0.000000180. The van der Waals surface area contributed by atoms with Gasteiger partial charge < -0.3 is 9.79 Å². The molecule has 0 aromatic heterocycles. The van der Waals surface area contributed by atoms with Crippen molar-refractivity contribution in [2.75, 3.05) is 24.6 Å². The van der Waals surface area contributed by atoms with E-state index in [9.17, 15) is 9.13 Å². The van der Waals surface area contributed by atoms with Crippen LogP contribution in [0.5, 0.6) is 0 Å². The summed E-state index contributed by atoms with van der Waals surface area (Å²) in [7, 11) is -5.31. The van der Waals surface area contributed by atoms with Gasteiger partial charge in [0, 0.05) is 46.4 Å². The van der Waals surface area contributed by atoms with Crippen molar-refractivity contribution in [3.05, 3.63) is 0 Å². The molecular formula is C8H22O4P2Ti. The fourth-order valence-electron chi connectivity index (χ4n) is 0.447. The van der Waals surface area contributed by atoms with Crippen LogP contribution < -0.4 is 0 Å². The maximum Gasteiger partial charge on any atom is 0.200 e. The van der Waals surface area contributed by atoms with Crippen LogP contribution in [0.2, 0.25) is 0 Å². The molecule has 0 amide bonds. The van der Waals surface area contributed by atoms with Gasteiger partial charge >= 0.3 is 0 Å². The summed E-state index contributed by atoms with van der Waals surface area (Å²) >= 11 is 0. The van der Waals surface area contributed by atoms with Gasteiger partial charge in [-0.25, -0.2) is 0 Å². The molecule has 0 bridgehead atoms. The van der Waals surface area contributed by atoms with Gasteiger partial charge in [-0.2, -0.15) is 0 Å². The minimum Gasteiger partial charge on any atom is -0.344 e. The van der Waals surface area contributed by atoms with Crippen molar-refractivity contribution in [2.24, 2.45) is 0 Å². The van der Waals surface area contributed by atoms with Gasteiger partial charge in [0.15, 0.2) is 14.7 Å². The van der Waals surface area contributed by atoms with E-state index >= 15 is 0 Å². The quantitative estimate of drug-likeness (QED) is 0.617. The summed E-state index contributed by atoms with van der Waals surface area (Å²) in [6, 6.07) is 0. The second kappa shape index (κ2) is 10.3. The number of rotatable bonds is 4. The first-order chi connectivity index (χ1) is 6.24. The van der Waals surface area contributed by atoms with E-state index < -0.39 is 14.7 Å². The monoisotopic (exact) mass is 292 g/mol. The summed E-state index contributed by atoms with van der Waals surface area (Å²) in [5, 5.41) is 0. The van der Waals surface area contributed by atoms with Crippen molar-refractivity contribution in [1.82, 2.24) is 0 Å². The third-order valence-electron chi connectivity index (χ3n) is 1.98. The molecule has 0 radical (unpaired) electrons. The Hall–Kier alpha value is 1.09. The van der Waals surface area contributed by atoms with Crippen molar-refractivity contribution in [2.45, 2.75) is 27.7 Å². The maximum absolute atomic E-state index is 10.5. The van der Waals surface area contributed by atoms with Crippen molar-refractivity contribution in [3.63, 3.8) is 0 Å². The Bertz CT molecular complexity index is 193. The number of hydrogen-bond acceptors (Lipinski definition) is 2. The molecule has 0 aliphatic carbocycles. The summed E-state index contributed by atoms with van der Waals surface area (Å²) in [6.45, 7) is 6.91. The molecule has 92 valence electrons. The van der Waals surface area contributed by atoms with E-state index in [2.05, 4.69) is 0 Å². The second-order valence-corrected chi connectivity index (χ2v) is 8.87. The molecule has 2 N–H and O–H groups in total. The van der Waals surface area contributed by atoms with Gasteiger partial charge in [0.05, 0.1) is 0 Å². The first kappa shape index (κ1) is 21.4. The predicted molar refractivity (Wildman–Crippen MR) is 61.8 cm³/mol. The van der Waals surface area contributed by atoms with Crippen LogP contribution in [0.4, 0.5) is 0 Å². The molecule has 0 atom stereocenters. The van der Waals surface area contributed by atoms with E-state index in [-0.39, 0.29) is 21.7 Å². The Kier molecular flexibility index (Phi) is 14.6. The third-order valence-corrected chi connectivity index (χ3v) is 5.93. The molecule has 0 rings (SSSR count). The van der Waals surface area contributed by atoms with Gasteiger partial charge in [-0.15, -0.1) is 0 Å². The van der Waals surface area contributed by atoms with Crippen LogP contribution in [0.25, 0.3) is 0 Å². The van der Waals surface area contributed by atoms with Crippen molar-refractivity contribution < 1.29 is 40.6 Å². The van der Waals surface area contributed by atoms with Crippen LogP contribution >= 0.6 is 14.7 Å². The van der Waals surface area contributed by atoms with Crippen LogP contribution in [0.1, 0.15) is 27.7 Å². The molecule has 4 nitrogen and oxygen atoms in total. The molecule has 0 aromatic carbocycles. The Labute approximate surface area is 108 Å². The molecule has 0 heterocycles. The van der Waals surface area contributed by atoms with Gasteiger partial charge in [-0.1, -0.05) is 27.7 Å². The molecule has 0 saturated heterocycles. The van der Waals surface area contributed by atoms with Gasteiger partial charge in [-0.3, -0.25) is 9.13 Å². The zero-order chi connectivity index (χ0) is 11.8. The minimum absolute atomic E-state index is 0. The first-order valence-electron chi connectivity index (χ1n) is 4.86. The summed E-state index contributed by atoms with van der Waals surface area (Å²) in [5.41, 5.74) is 0. The Morgan fingerprint density at radius 1 is 0.733 bits per heavy atom. The number of hydrogen-bond donors (Lipinski definition) is 2. The molecule has 15 heavy (non-hydrogen) atoms. The van der Waals surface area contributed by atoms with Crippen LogP contribution in [0, 0.1) is 0 Å². The molecule has 0 saturated carbocycles. The summed E-state index contributed by atoms with van der Waals surface area (Å²) in [5.74, 6) is 0. The van der Waals surface area contributed by atoms with Crippen LogP contribution in [0.15, 0.2) is 0 Å². The largest absolute Gasteiger partial charge is 0.344 e. The zero-order valence-corrected chi connectivity index (χ0v) is 13.3. The normalized spacial score (nSPS) is 11.1. The van der Waals surface area contributed by atoms with E-state index in [0.717, 1.165) is 0 Å². The summed E-state index contributed by atoms with van der Waals surface area (Å²) in [6.07, 6.45) is 1.62. The SMILES string of the molecule is CCP(=O)(O)CC.CCP(=O)(O)CC.[Ti]. The predicted octanol–water partition coefficient (Wildman–Crippen LogP) is 2.59.